The lowest BCUT2D eigenvalue weighted by Gasteiger charge is -2.38. The van der Waals surface area contributed by atoms with Gasteiger partial charge in [0.05, 0.1) is 12.5 Å². The molecule has 0 aliphatic carbocycles. The zero-order valence-corrected chi connectivity index (χ0v) is 35.8. The number of benzene rings is 4. The molecule has 5 amide bonds. The molecular formula is C48H52N6O7S. The molecule has 0 unspecified atom stereocenters. The van der Waals surface area contributed by atoms with E-state index in [1.165, 1.54) is 0 Å². The third-order valence-electron chi connectivity index (χ3n) is 10.3. The minimum atomic E-state index is -1.40. The van der Waals surface area contributed by atoms with Gasteiger partial charge in [-0.05, 0) is 77.6 Å². The van der Waals surface area contributed by atoms with Gasteiger partial charge in [-0.1, -0.05) is 109 Å². The Morgan fingerprint density at radius 1 is 0.742 bits per heavy atom. The van der Waals surface area contributed by atoms with E-state index in [1.807, 2.05) is 141 Å². The Bertz CT molecular complexity index is 2250. The fraction of sp³-hybridized carbons (Fsp3) is 0.271. The summed E-state index contributed by atoms with van der Waals surface area (Å²) in [5, 5.41) is 11.7. The van der Waals surface area contributed by atoms with E-state index in [0.29, 0.717) is 13.2 Å². The van der Waals surface area contributed by atoms with Crippen LogP contribution in [0.4, 0.5) is 4.79 Å². The van der Waals surface area contributed by atoms with Crippen LogP contribution in [0.1, 0.15) is 55.0 Å². The number of nitrogens with one attached hydrogen (secondary N) is 4. The number of nitrogens with zero attached hydrogens (tertiary/aromatic N) is 2. The molecule has 4 aromatic carbocycles. The van der Waals surface area contributed by atoms with Crippen molar-refractivity contribution in [2.45, 2.75) is 64.2 Å². The Labute approximate surface area is 365 Å². The van der Waals surface area contributed by atoms with E-state index in [-0.39, 0.29) is 13.1 Å². The van der Waals surface area contributed by atoms with Crippen molar-refractivity contribution in [1.82, 2.24) is 31.3 Å². The summed E-state index contributed by atoms with van der Waals surface area (Å²) < 4.78 is 13.1. The van der Waals surface area contributed by atoms with Gasteiger partial charge < -0.3 is 30.3 Å². The number of hydrogen-bond donors (Lipinski definition) is 4. The van der Waals surface area contributed by atoms with Crippen LogP contribution < -0.4 is 21.4 Å². The van der Waals surface area contributed by atoms with Crippen LogP contribution in [0.25, 0.3) is 10.1 Å². The molecule has 0 saturated heterocycles. The van der Waals surface area contributed by atoms with Gasteiger partial charge in [0.25, 0.3) is 0 Å². The predicted molar refractivity (Wildman–Crippen MR) is 238 cm³/mol. The molecule has 0 fully saturated rings. The minimum absolute atomic E-state index is 0.131. The largest absolute Gasteiger partial charge is 0.351 e. The highest BCUT2D eigenvalue weighted by molar-refractivity contribution is 7.17. The molecular weight excluding hydrogens is 805 g/mol. The average Bonchev–Trinajstić information content (AvgIpc) is 3.72. The SMILES string of the molecule is CCOC(OCC)[C@H](C)N(Cc1csc2ccccc12)C(=O)[C@H](CC(=O)NC(c1ccccc1)(c1ccccc1)c1ccccc1)NC(=O)CONC(=O)NCc1ccncc1. The molecule has 14 heteroatoms. The molecule has 4 N–H and O–H groups in total. The van der Waals surface area contributed by atoms with Crippen molar-refractivity contribution in [3.05, 3.63) is 173 Å². The molecule has 2 atom stereocenters. The summed E-state index contributed by atoms with van der Waals surface area (Å²) in [6.07, 6.45) is 1.94. The first-order valence-electron chi connectivity index (χ1n) is 20.5. The maximum absolute atomic E-state index is 15.2. The first kappa shape index (κ1) is 45.1. The van der Waals surface area contributed by atoms with Gasteiger partial charge in [0.2, 0.25) is 17.7 Å². The third-order valence-corrected chi connectivity index (χ3v) is 11.3. The van der Waals surface area contributed by atoms with E-state index in [2.05, 4.69) is 26.4 Å². The van der Waals surface area contributed by atoms with Crippen LogP contribution in [0.5, 0.6) is 0 Å². The lowest BCUT2D eigenvalue weighted by atomic mass is 9.77. The summed E-state index contributed by atoms with van der Waals surface area (Å²) in [6.45, 7) is 5.83. The van der Waals surface area contributed by atoms with Crippen LogP contribution in [0.2, 0.25) is 0 Å². The third kappa shape index (κ3) is 11.5. The van der Waals surface area contributed by atoms with Crippen molar-refractivity contribution < 1.29 is 33.5 Å². The minimum Gasteiger partial charge on any atom is -0.351 e. The Morgan fingerprint density at radius 2 is 1.31 bits per heavy atom. The molecule has 0 aliphatic rings. The summed E-state index contributed by atoms with van der Waals surface area (Å²) in [4.78, 5) is 67.1. The van der Waals surface area contributed by atoms with E-state index < -0.39 is 60.7 Å². The molecule has 0 aliphatic heterocycles. The summed E-state index contributed by atoms with van der Waals surface area (Å²) >= 11 is 1.56. The fourth-order valence-corrected chi connectivity index (χ4v) is 8.27. The molecule has 6 rings (SSSR count). The fourth-order valence-electron chi connectivity index (χ4n) is 7.31. The van der Waals surface area contributed by atoms with Crippen LogP contribution in [0, 0.1) is 0 Å². The molecule has 322 valence electrons. The summed E-state index contributed by atoms with van der Waals surface area (Å²) in [7, 11) is 0. The topological polar surface area (TPSA) is 160 Å². The van der Waals surface area contributed by atoms with Crippen molar-refractivity contribution >= 4 is 45.2 Å². The zero-order chi connectivity index (χ0) is 43.7. The van der Waals surface area contributed by atoms with Gasteiger partial charge in [-0.25, -0.2) is 10.3 Å². The number of carbonyl (C=O) groups is 4. The molecule has 0 saturated carbocycles. The van der Waals surface area contributed by atoms with Gasteiger partial charge >= 0.3 is 6.03 Å². The summed E-state index contributed by atoms with van der Waals surface area (Å²) in [5.41, 5.74) is 5.08. The van der Waals surface area contributed by atoms with Crippen molar-refractivity contribution in [3.63, 3.8) is 0 Å². The number of pyridine rings is 1. The highest BCUT2D eigenvalue weighted by atomic mass is 32.1. The monoisotopic (exact) mass is 856 g/mol. The molecule has 62 heavy (non-hydrogen) atoms. The second kappa shape index (κ2) is 22.4. The number of carbonyl (C=O) groups excluding carboxylic acids is 4. The van der Waals surface area contributed by atoms with E-state index in [9.17, 15) is 14.4 Å². The highest BCUT2D eigenvalue weighted by Crippen LogP contribution is 2.37. The van der Waals surface area contributed by atoms with Crippen LogP contribution in [-0.4, -0.2) is 71.8 Å². The van der Waals surface area contributed by atoms with Crippen molar-refractivity contribution in [1.29, 1.82) is 0 Å². The van der Waals surface area contributed by atoms with Gasteiger partial charge in [0.15, 0.2) is 12.9 Å². The molecule has 0 radical (unpaired) electrons. The number of aromatic nitrogens is 1. The van der Waals surface area contributed by atoms with Crippen molar-refractivity contribution in [2.24, 2.45) is 0 Å². The first-order chi connectivity index (χ1) is 30.2. The lowest BCUT2D eigenvalue weighted by molar-refractivity contribution is -0.180. The number of ether oxygens (including phenoxy) is 2. The highest BCUT2D eigenvalue weighted by Gasteiger charge is 2.40. The number of rotatable bonds is 21. The normalized spacial score (nSPS) is 12.3. The Kier molecular flexibility index (Phi) is 16.3. The number of hydroxylamine groups is 1. The maximum Gasteiger partial charge on any atom is 0.338 e. The van der Waals surface area contributed by atoms with E-state index >= 15 is 4.79 Å². The Hall–Kier alpha value is -6.45. The quantitative estimate of drug-likeness (QED) is 0.0349. The molecule has 0 spiro atoms. The number of fused-ring (bicyclic) bond motifs is 1. The van der Waals surface area contributed by atoms with Crippen molar-refractivity contribution in [3.8, 4) is 0 Å². The number of hydrogen-bond acceptors (Lipinski definition) is 9. The smallest absolute Gasteiger partial charge is 0.338 e. The Morgan fingerprint density at radius 3 is 1.89 bits per heavy atom. The van der Waals surface area contributed by atoms with Gasteiger partial charge in [-0.3, -0.25) is 24.2 Å². The standard InChI is InChI=1S/C48H52N6O7S/c1-4-59-46(60-5-2)34(3)54(31-36-33-62-42-24-16-15-23-40(36)42)45(57)41(51-44(56)32-61-53-47(58)50-30-35-25-27-49-28-26-35)29-43(55)52-48(37-17-9-6-10-18-37,38-19-11-7-12-20-38)39-21-13-8-14-22-39/h6-28,33-34,41,46H,4-5,29-32H2,1-3H3,(H,51,56)(H,52,55)(H2,50,53,58)/t34-,41-/m0/s1. The van der Waals surface area contributed by atoms with Crippen molar-refractivity contribution in [2.75, 3.05) is 19.8 Å². The van der Waals surface area contributed by atoms with E-state index in [1.54, 1.807) is 40.8 Å². The summed E-state index contributed by atoms with van der Waals surface area (Å²) in [5.74, 6) is -1.81. The molecule has 6 aromatic rings. The molecule has 0 bridgehead atoms. The van der Waals surface area contributed by atoms with Gasteiger partial charge in [0, 0.05) is 43.4 Å². The number of urea groups is 1. The summed E-state index contributed by atoms with van der Waals surface area (Å²) in [6, 6.07) is 37.5. The van der Waals surface area contributed by atoms with E-state index in [0.717, 1.165) is 37.9 Å². The molecule has 2 aromatic heterocycles. The second-order valence-electron chi connectivity index (χ2n) is 14.4. The van der Waals surface area contributed by atoms with Crippen LogP contribution >= 0.6 is 11.3 Å². The lowest BCUT2D eigenvalue weighted by Crippen LogP contribution is -2.57. The number of thiophene rings is 1. The zero-order valence-electron chi connectivity index (χ0n) is 35.0. The van der Waals surface area contributed by atoms with Gasteiger partial charge in [-0.2, -0.15) is 0 Å². The predicted octanol–water partition coefficient (Wildman–Crippen LogP) is 6.83. The van der Waals surface area contributed by atoms with Crippen LogP contribution in [0.15, 0.2) is 145 Å². The second-order valence-corrected chi connectivity index (χ2v) is 15.3. The van der Waals surface area contributed by atoms with Gasteiger partial charge in [0.1, 0.15) is 11.6 Å². The average molecular weight is 857 g/mol. The maximum atomic E-state index is 15.2. The van der Waals surface area contributed by atoms with E-state index in [4.69, 9.17) is 14.3 Å². The molecule has 13 nitrogen and oxygen atoms in total. The van der Waals surface area contributed by atoms with Crippen LogP contribution in [-0.2, 0) is 47.3 Å². The Balaban J connectivity index is 1.32. The first-order valence-corrected chi connectivity index (χ1v) is 21.4. The molecule has 2 heterocycles. The van der Waals surface area contributed by atoms with Crippen LogP contribution in [0.3, 0.4) is 0 Å². The van der Waals surface area contributed by atoms with Gasteiger partial charge in [-0.15, -0.1) is 11.3 Å². The number of amides is 5.